The van der Waals surface area contributed by atoms with E-state index in [1.807, 2.05) is 0 Å². The summed E-state index contributed by atoms with van der Waals surface area (Å²) < 4.78 is 36.4. The van der Waals surface area contributed by atoms with Crippen LogP contribution in [0.5, 0.6) is 0 Å². The number of nitrogens with two attached hydrogens (primary N) is 1. The molecule has 1 aromatic rings. The lowest BCUT2D eigenvalue weighted by atomic mass is 9.78. The average molecular weight is 298 g/mol. The van der Waals surface area contributed by atoms with Gasteiger partial charge in [-0.25, -0.2) is 0 Å². The molecule has 0 amide bonds. The first-order chi connectivity index (χ1) is 7.96. The van der Waals surface area contributed by atoms with E-state index in [4.69, 9.17) is 5.73 Å². The molecule has 1 nitrogen and oxygen atoms in total. The molecule has 6 heteroatoms. The van der Waals surface area contributed by atoms with E-state index in [1.54, 1.807) is 12.1 Å². The SMILES string of the molecule is Cl.N[C@@H](c1ccc(SC(F)(F)F)cc1)C1CCC1. The summed E-state index contributed by atoms with van der Waals surface area (Å²) in [5, 5.41) is 0. The summed E-state index contributed by atoms with van der Waals surface area (Å²) in [5.41, 5.74) is 2.76. The van der Waals surface area contributed by atoms with Gasteiger partial charge in [-0.15, -0.1) is 12.4 Å². The number of halogens is 4. The normalized spacial score (nSPS) is 17.8. The Morgan fingerprint density at radius 3 is 2.11 bits per heavy atom. The molecule has 2 N–H and O–H groups in total. The summed E-state index contributed by atoms with van der Waals surface area (Å²) in [7, 11) is 0. The molecule has 0 radical (unpaired) electrons. The first-order valence-corrected chi connectivity index (χ1v) is 6.38. The van der Waals surface area contributed by atoms with E-state index in [9.17, 15) is 13.2 Å². The van der Waals surface area contributed by atoms with Crippen molar-refractivity contribution in [3.05, 3.63) is 29.8 Å². The molecule has 0 bridgehead atoms. The maximum atomic E-state index is 12.1. The third-order valence-electron chi connectivity index (χ3n) is 3.16. The first-order valence-electron chi connectivity index (χ1n) is 5.57. The molecule has 1 atom stereocenters. The highest BCUT2D eigenvalue weighted by molar-refractivity contribution is 8.00. The molecule has 0 unspecified atom stereocenters. The number of alkyl halides is 3. The highest BCUT2D eigenvalue weighted by Gasteiger charge is 2.29. The number of benzene rings is 1. The lowest BCUT2D eigenvalue weighted by Gasteiger charge is -2.31. The minimum Gasteiger partial charge on any atom is -0.324 e. The molecule has 102 valence electrons. The van der Waals surface area contributed by atoms with Gasteiger partial charge in [0.25, 0.3) is 0 Å². The summed E-state index contributed by atoms with van der Waals surface area (Å²) in [6, 6.07) is 6.36. The fourth-order valence-corrected chi connectivity index (χ4v) is 2.50. The number of thioether (sulfide) groups is 1. The second-order valence-electron chi connectivity index (χ2n) is 4.33. The largest absolute Gasteiger partial charge is 0.446 e. The molecule has 1 aliphatic carbocycles. The van der Waals surface area contributed by atoms with Crippen LogP contribution in [0, 0.1) is 5.92 Å². The van der Waals surface area contributed by atoms with Crippen molar-refractivity contribution in [1.29, 1.82) is 0 Å². The van der Waals surface area contributed by atoms with Gasteiger partial charge in [-0.1, -0.05) is 18.6 Å². The molecule has 1 saturated carbocycles. The number of rotatable bonds is 3. The van der Waals surface area contributed by atoms with E-state index in [0.29, 0.717) is 5.92 Å². The molecule has 0 heterocycles. The Hall–Kier alpha value is -0.390. The summed E-state index contributed by atoms with van der Waals surface area (Å²) in [4.78, 5) is 0.210. The van der Waals surface area contributed by atoms with Gasteiger partial charge in [0.2, 0.25) is 0 Å². The first kappa shape index (κ1) is 15.7. The van der Waals surface area contributed by atoms with Gasteiger partial charge in [-0.3, -0.25) is 0 Å². The van der Waals surface area contributed by atoms with Crippen LogP contribution in [0.15, 0.2) is 29.2 Å². The van der Waals surface area contributed by atoms with Crippen LogP contribution >= 0.6 is 24.2 Å². The number of hydrogen-bond acceptors (Lipinski definition) is 2. The van der Waals surface area contributed by atoms with Crippen LogP contribution < -0.4 is 5.73 Å². The minimum absolute atomic E-state index is 0. The Morgan fingerprint density at radius 2 is 1.72 bits per heavy atom. The third kappa shape index (κ3) is 4.07. The van der Waals surface area contributed by atoms with Crippen molar-refractivity contribution in [1.82, 2.24) is 0 Å². The van der Waals surface area contributed by atoms with Crippen LogP contribution in [0.4, 0.5) is 13.2 Å². The van der Waals surface area contributed by atoms with Crippen LogP contribution in [0.1, 0.15) is 30.9 Å². The van der Waals surface area contributed by atoms with Crippen molar-refractivity contribution >= 4 is 24.2 Å². The zero-order valence-corrected chi connectivity index (χ0v) is 11.2. The Balaban J connectivity index is 0.00000162. The second-order valence-corrected chi connectivity index (χ2v) is 5.47. The molecular formula is C12H15ClF3NS. The number of hydrogen-bond donors (Lipinski definition) is 1. The lowest BCUT2D eigenvalue weighted by Crippen LogP contribution is -2.26. The summed E-state index contributed by atoms with van der Waals surface area (Å²) in [6.07, 6.45) is 3.46. The molecule has 0 spiro atoms. The van der Waals surface area contributed by atoms with Crippen LogP contribution in [0.25, 0.3) is 0 Å². The zero-order valence-electron chi connectivity index (χ0n) is 9.61. The van der Waals surface area contributed by atoms with E-state index in [-0.39, 0.29) is 35.1 Å². The van der Waals surface area contributed by atoms with Gasteiger partial charge in [-0.05, 0) is 48.2 Å². The lowest BCUT2D eigenvalue weighted by molar-refractivity contribution is -0.0328. The van der Waals surface area contributed by atoms with E-state index in [0.717, 1.165) is 18.4 Å². The van der Waals surface area contributed by atoms with Crippen LogP contribution in [-0.4, -0.2) is 5.51 Å². The highest BCUT2D eigenvalue weighted by Crippen LogP contribution is 2.39. The van der Waals surface area contributed by atoms with Gasteiger partial charge in [0.05, 0.1) is 0 Å². The Morgan fingerprint density at radius 1 is 1.17 bits per heavy atom. The summed E-state index contributed by atoms with van der Waals surface area (Å²) in [5.74, 6) is 0.496. The molecule has 1 fully saturated rings. The molecule has 0 saturated heterocycles. The van der Waals surface area contributed by atoms with E-state index >= 15 is 0 Å². The zero-order chi connectivity index (χ0) is 12.5. The Labute approximate surface area is 115 Å². The van der Waals surface area contributed by atoms with Gasteiger partial charge in [0.1, 0.15) is 0 Å². The van der Waals surface area contributed by atoms with Crippen molar-refractivity contribution in [3.63, 3.8) is 0 Å². The fourth-order valence-electron chi connectivity index (χ4n) is 1.96. The Bertz CT molecular complexity index is 376. The second kappa shape index (κ2) is 6.17. The minimum atomic E-state index is -4.22. The molecule has 0 aromatic heterocycles. The fraction of sp³-hybridized carbons (Fsp3) is 0.500. The molecule has 1 aliphatic rings. The van der Waals surface area contributed by atoms with Gasteiger partial charge in [0, 0.05) is 10.9 Å². The quantitative estimate of drug-likeness (QED) is 0.830. The maximum Gasteiger partial charge on any atom is 0.446 e. The summed E-state index contributed by atoms with van der Waals surface area (Å²) in [6.45, 7) is 0. The van der Waals surface area contributed by atoms with Crippen molar-refractivity contribution in [3.8, 4) is 0 Å². The van der Waals surface area contributed by atoms with Crippen molar-refractivity contribution < 1.29 is 13.2 Å². The predicted octanol–water partition coefficient (Wildman–Crippen LogP) is 4.52. The molecular weight excluding hydrogens is 283 g/mol. The van der Waals surface area contributed by atoms with E-state index in [2.05, 4.69) is 0 Å². The standard InChI is InChI=1S/C12H14F3NS.ClH/c13-12(14,15)17-10-6-4-9(5-7-10)11(16)8-2-1-3-8;/h4-8,11H,1-3,16H2;1H/t11-;/m1./s1. The Kier molecular flexibility index (Phi) is 5.37. The van der Waals surface area contributed by atoms with Gasteiger partial charge in [0.15, 0.2) is 0 Å². The smallest absolute Gasteiger partial charge is 0.324 e. The van der Waals surface area contributed by atoms with Crippen LogP contribution in [-0.2, 0) is 0 Å². The molecule has 18 heavy (non-hydrogen) atoms. The topological polar surface area (TPSA) is 26.0 Å². The van der Waals surface area contributed by atoms with Crippen molar-refractivity contribution in [2.24, 2.45) is 11.7 Å². The third-order valence-corrected chi connectivity index (χ3v) is 3.90. The van der Waals surface area contributed by atoms with Crippen molar-refractivity contribution in [2.45, 2.75) is 35.7 Å². The van der Waals surface area contributed by atoms with E-state index in [1.165, 1.54) is 18.6 Å². The monoisotopic (exact) mass is 297 g/mol. The van der Waals surface area contributed by atoms with Gasteiger partial charge in [-0.2, -0.15) is 13.2 Å². The average Bonchev–Trinajstić information content (AvgIpc) is 2.13. The van der Waals surface area contributed by atoms with E-state index < -0.39 is 5.51 Å². The van der Waals surface area contributed by atoms with Gasteiger partial charge >= 0.3 is 5.51 Å². The summed E-state index contributed by atoms with van der Waals surface area (Å²) >= 11 is -0.0915. The highest BCUT2D eigenvalue weighted by atomic mass is 35.5. The van der Waals surface area contributed by atoms with Gasteiger partial charge < -0.3 is 5.73 Å². The predicted molar refractivity (Wildman–Crippen MR) is 69.9 cm³/mol. The molecule has 2 rings (SSSR count). The maximum absolute atomic E-state index is 12.1. The molecule has 0 aliphatic heterocycles. The van der Waals surface area contributed by atoms with Crippen molar-refractivity contribution in [2.75, 3.05) is 0 Å². The van der Waals surface area contributed by atoms with Crippen LogP contribution in [0.2, 0.25) is 0 Å². The van der Waals surface area contributed by atoms with Crippen LogP contribution in [0.3, 0.4) is 0 Å². The molecule has 1 aromatic carbocycles.